The Morgan fingerprint density at radius 3 is 2.50 bits per heavy atom. The van der Waals surface area contributed by atoms with Gasteiger partial charge in [-0.25, -0.2) is 0 Å². The number of halogens is 3. The minimum atomic E-state index is -0.0544. The Bertz CT molecular complexity index is 1070. The second-order valence-electron chi connectivity index (χ2n) is 6.35. The molecule has 0 saturated carbocycles. The summed E-state index contributed by atoms with van der Waals surface area (Å²) < 4.78 is 12.7. The number of ether oxygens (including phenoxy) is 2. The molecule has 0 spiro atoms. The van der Waals surface area contributed by atoms with Gasteiger partial charge in [0.1, 0.15) is 6.61 Å². The van der Waals surface area contributed by atoms with E-state index < -0.39 is 0 Å². The van der Waals surface area contributed by atoms with Crippen LogP contribution in [0.25, 0.3) is 6.08 Å². The molecule has 0 amide bonds. The predicted molar refractivity (Wildman–Crippen MR) is 131 cm³/mol. The van der Waals surface area contributed by atoms with Crippen LogP contribution in [0.3, 0.4) is 0 Å². The smallest absolute Gasteiger partial charge is 0.185 e. The van der Waals surface area contributed by atoms with Gasteiger partial charge in [-0.15, -0.1) is 0 Å². The average molecular weight is 553 g/mol. The maximum absolute atomic E-state index is 12.3. The number of carbonyl (C=O) groups excluding carboxylic acids is 1. The van der Waals surface area contributed by atoms with Gasteiger partial charge in [0.15, 0.2) is 17.3 Å². The number of hydrogen-bond donors (Lipinski definition) is 0. The number of benzene rings is 3. The van der Waals surface area contributed by atoms with Crippen LogP contribution in [-0.2, 0) is 6.61 Å². The molecule has 0 aromatic heterocycles. The van der Waals surface area contributed by atoms with E-state index in [0.717, 1.165) is 14.7 Å². The molecule has 0 atom stereocenters. The highest BCUT2D eigenvalue weighted by atomic mass is 127. The SMILES string of the molecule is CCOc1cc(/C=C/C(=O)c2ccccc2)cc(I)c1OCc1ccc(Cl)cc1Cl. The first-order valence-corrected chi connectivity index (χ1v) is 11.1. The highest BCUT2D eigenvalue weighted by Gasteiger charge is 2.13. The topological polar surface area (TPSA) is 35.5 Å². The third-order valence-corrected chi connectivity index (χ3v) is 5.59. The molecule has 0 fully saturated rings. The molecule has 3 aromatic carbocycles. The third-order valence-electron chi connectivity index (χ3n) is 4.20. The van der Waals surface area contributed by atoms with E-state index >= 15 is 0 Å². The number of carbonyl (C=O) groups is 1. The van der Waals surface area contributed by atoms with Gasteiger partial charge in [-0.1, -0.05) is 65.7 Å². The Morgan fingerprint density at radius 2 is 1.80 bits per heavy atom. The second kappa shape index (κ2) is 10.8. The Balaban J connectivity index is 1.81. The molecule has 0 radical (unpaired) electrons. The average Bonchev–Trinajstić information content (AvgIpc) is 2.73. The lowest BCUT2D eigenvalue weighted by molar-refractivity contribution is 0.104. The zero-order valence-corrected chi connectivity index (χ0v) is 19.9. The third kappa shape index (κ3) is 6.00. The molecule has 3 nitrogen and oxygen atoms in total. The van der Waals surface area contributed by atoms with Gasteiger partial charge < -0.3 is 9.47 Å². The summed E-state index contributed by atoms with van der Waals surface area (Å²) >= 11 is 14.4. The fourth-order valence-electron chi connectivity index (χ4n) is 2.75. The summed E-state index contributed by atoms with van der Waals surface area (Å²) in [7, 11) is 0. The van der Waals surface area contributed by atoms with E-state index in [9.17, 15) is 4.79 Å². The molecule has 154 valence electrons. The zero-order valence-electron chi connectivity index (χ0n) is 16.2. The van der Waals surface area contributed by atoms with E-state index in [-0.39, 0.29) is 12.4 Å². The largest absolute Gasteiger partial charge is 0.490 e. The molecule has 3 aromatic rings. The van der Waals surface area contributed by atoms with Crippen molar-refractivity contribution in [1.82, 2.24) is 0 Å². The minimum Gasteiger partial charge on any atom is -0.490 e. The molecular weight excluding hydrogens is 534 g/mol. The van der Waals surface area contributed by atoms with Gasteiger partial charge in [0.05, 0.1) is 10.2 Å². The van der Waals surface area contributed by atoms with Crippen LogP contribution in [0.1, 0.15) is 28.4 Å². The summed E-state index contributed by atoms with van der Waals surface area (Å²) in [5.74, 6) is 1.19. The van der Waals surface area contributed by atoms with Crippen molar-refractivity contribution >= 4 is 57.7 Å². The molecule has 0 N–H and O–H groups in total. The van der Waals surface area contributed by atoms with Gasteiger partial charge in [0, 0.05) is 21.2 Å². The quantitative estimate of drug-likeness (QED) is 0.165. The van der Waals surface area contributed by atoms with Crippen LogP contribution in [0.4, 0.5) is 0 Å². The van der Waals surface area contributed by atoms with E-state index in [4.69, 9.17) is 32.7 Å². The number of ketones is 1. The van der Waals surface area contributed by atoms with Crippen molar-refractivity contribution in [2.45, 2.75) is 13.5 Å². The van der Waals surface area contributed by atoms with Crippen LogP contribution in [0.15, 0.2) is 66.7 Å². The first-order chi connectivity index (χ1) is 14.5. The first kappa shape index (κ1) is 22.7. The fourth-order valence-corrected chi connectivity index (χ4v) is 3.99. The van der Waals surface area contributed by atoms with E-state index in [0.29, 0.717) is 33.7 Å². The zero-order chi connectivity index (χ0) is 21.5. The summed E-state index contributed by atoms with van der Waals surface area (Å²) in [6.45, 7) is 2.69. The van der Waals surface area contributed by atoms with Crippen molar-refractivity contribution in [1.29, 1.82) is 0 Å². The molecule has 0 bridgehead atoms. The first-order valence-electron chi connectivity index (χ1n) is 9.28. The molecule has 0 aliphatic carbocycles. The number of hydrogen-bond acceptors (Lipinski definition) is 3. The lowest BCUT2D eigenvalue weighted by Gasteiger charge is -2.15. The molecule has 3 rings (SSSR count). The Kier molecular flexibility index (Phi) is 8.19. The number of allylic oxidation sites excluding steroid dienone is 1. The molecule has 0 unspecified atom stereocenters. The van der Waals surface area contributed by atoms with E-state index in [2.05, 4.69) is 22.6 Å². The van der Waals surface area contributed by atoms with Crippen LogP contribution in [0.2, 0.25) is 10.0 Å². The van der Waals surface area contributed by atoms with Crippen molar-refractivity contribution in [3.63, 3.8) is 0 Å². The molecule has 0 heterocycles. The van der Waals surface area contributed by atoms with Gasteiger partial charge in [0.25, 0.3) is 0 Å². The van der Waals surface area contributed by atoms with E-state index in [1.807, 2.05) is 43.3 Å². The lowest BCUT2D eigenvalue weighted by Crippen LogP contribution is -2.02. The Labute approximate surface area is 199 Å². The van der Waals surface area contributed by atoms with Crippen LogP contribution >= 0.6 is 45.8 Å². The highest BCUT2D eigenvalue weighted by molar-refractivity contribution is 14.1. The van der Waals surface area contributed by atoms with Crippen molar-refractivity contribution < 1.29 is 14.3 Å². The Morgan fingerprint density at radius 1 is 1.03 bits per heavy atom. The monoisotopic (exact) mass is 552 g/mol. The van der Waals surface area contributed by atoms with Gasteiger partial charge in [-0.3, -0.25) is 4.79 Å². The van der Waals surface area contributed by atoms with Gasteiger partial charge in [-0.05, 0) is 65.4 Å². The summed E-state index contributed by atoms with van der Waals surface area (Å²) in [6.07, 6.45) is 3.34. The molecule has 0 aliphatic heterocycles. The van der Waals surface area contributed by atoms with Gasteiger partial charge in [-0.2, -0.15) is 0 Å². The molecule has 30 heavy (non-hydrogen) atoms. The van der Waals surface area contributed by atoms with E-state index in [1.165, 1.54) is 0 Å². The van der Waals surface area contributed by atoms with E-state index in [1.54, 1.807) is 36.4 Å². The van der Waals surface area contributed by atoms with Crippen molar-refractivity contribution in [2.24, 2.45) is 0 Å². The summed E-state index contributed by atoms with van der Waals surface area (Å²) in [4.78, 5) is 12.3. The standard InChI is InChI=1S/C24H19Cl2IO3/c1-2-29-23-13-16(8-11-22(28)17-6-4-3-5-7-17)12-21(27)24(23)30-15-18-9-10-19(25)14-20(18)26/h3-14H,2,15H2,1H3/b11-8+. The predicted octanol–water partition coefficient (Wildman–Crippen LogP) is 7.47. The maximum Gasteiger partial charge on any atom is 0.185 e. The van der Waals surface area contributed by atoms with Gasteiger partial charge >= 0.3 is 0 Å². The fraction of sp³-hybridized carbons (Fsp3) is 0.125. The minimum absolute atomic E-state index is 0.0544. The summed E-state index contributed by atoms with van der Waals surface area (Å²) in [5, 5.41) is 1.13. The van der Waals surface area contributed by atoms with Gasteiger partial charge in [0.2, 0.25) is 0 Å². The molecule has 0 saturated heterocycles. The van der Waals surface area contributed by atoms with Crippen molar-refractivity contribution in [3.8, 4) is 11.5 Å². The normalized spacial score (nSPS) is 10.9. The highest BCUT2D eigenvalue weighted by Crippen LogP contribution is 2.36. The lowest BCUT2D eigenvalue weighted by atomic mass is 10.1. The summed E-state index contributed by atoms with van der Waals surface area (Å²) in [6, 6.07) is 18.3. The van der Waals surface area contributed by atoms with Crippen molar-refractivity contribution in [3.05, 3.63) is 97.0 Å². The van der Waals surface area contributed by atoms with Crippen LogP contribution in [-0.4, -0.2) is 12.4 Å². The summed E-state index contributed by atoms with van der Waals surface area (Å²) in [5.41, 5.74) is 2.33. The second-order valence-corrected chi connectivity index (χ2v) is 8.36. The van der Waals surface area contributed by atoms with Crippen molar-refractivity contribution in [2.75, 3.05) is 6.61 Å². The molecule has 6 heteroatoms. The Hall–Kier alpha value is -2.02. The van der Waals surface area contributed by atoms with Crippen LogP contribution in [0, 0.1) is 3.57 Å². The van der Waals surface area contributed by atoms with Crippen LogP contribution < -0.4 is 9.47 Å². The van der Waals surface area contributed by atoms with Crippen LogP contribution in [0.5, 0.6) is 11.5 Å². The molecular formula is C24H19Cl2IO3. The number of rotatable bonds is 8. The maximum atomic E-state index is 12.3. The molecule has 0 aliphatic rings.